The van der Waals surface area contributed by atoms with Gasteiger partial charge in [-0.15, -0.1) is 0 Å². The molecule has 4 heteroatoms. The Labute approximate surface area is 124 Å². The van der Waals surface area contributed by atoms with E-state index in [0.717, 1.165) is 22.6 Å². The summed E-state index contributed by atoms with van der Waals surface area (Å²) in [6.45, 7) is 2.32. The summed E-state index contributed by atoms with van der Waals surface area (Å²) >= 11 is 6.12. The van der Waals surface area contributed by atoms with Gasteiger partial charge in [-0.3, -0.25) is 0 Å². The van der Waals surface area contributed by atoms with Gasteiger partial charge in [0.15, 0.2) is 0 Å². The SMILES string of the molecule is COc1ccc([C@@H](C)N)c(OCc2ccccc2Cl)c1. The van der Waals surface area contributed by atoms with E-state index in [4.69, 9.17) is 26.8 Å². The molecule has 0 aliphatic carbocycles. The number of methoxy groups -OCH3 is 1. The zero-order chi connectivity index (χ0) is 14.5. The van der Waals surface area contributed by atoms with Crippen LogP contribution in [0.3, 0.4) is 0 Å². The van der Waals surface area contributed by atoms with Gasteiger partial charge in [0.05, 0.1) is 7.11 Å². The van der Waals surface area contributed by atoms with Gasteiger partial charge in [-0.1, -0.05) is 35.9 Å². The van der Waals surface area contributed by atoms with Gasteiger partial charge < -0.3 is 15.2 Å². The van der Waals surface area contributed by atoms with Crippen molar-refractivity contribution in [3.63, 3.8) is 0 Å². The van der Waals surface area contributed by atoms with Crippen LogP contribution in [0.25, 0.3) is 0 Å². The van der Waals surface area contributed by atoms with Gasteiger partial charge >= 0.3 is 0 Å². The lowest BCUT2D eigenvalue weighted by atomic mass is 10.1. The number of hydrogen-bond acceptors (Lipinski definition) is 3. The van der Waals surface area contributed by atoms with Crippen molar-refractivity contribution in [1.29, 1.82) is 0 Å². The van der Waals surface area contributed by atoms with Crippen molar-refractivity contribution in [3.8, 4) is 11.5 Å². The van der Waals surface area contributed by atoms with E-state index in [1.54, 1.807) is 7.11 Å². The summed E-state index contributed by atoms with van der Waals surface area (Å²) in [7, 11) is 1.62. The van der Waals surface area contributed by atoms with Crippen LogP contribution in [0.15, 0.2) is 42.5 Å². The Bertz CT molecular complexity index is 584. The Balaban J connectivity index is 2.21. The molecule has 2 aromatic carbocycles. The molecule has 106 valence electrons. The highest BCUT2D eigenvalue weighted by molar-refractivity contribution is 6.31. The number of nitrogens with two attached hydrogens (primary N) is 1. The number of halogens is 1. The van der Waals surface area contributed by atoms with Gasteiger partial charge in [0.1, 0.15) is 18.1 Å². The van der Waals surface area contributed by atoms with Crippen molar-refractivity contribution in [2.75, 3.05) is 7.11 Å². The van der Waals surface area contributed by atoms with Crippen molar-refractivity contribution in [2.24, 2.45) is 5.73 Å². The van der Waals surface area contributed by atoms with Crippen LogP contribution >= 0.6 is 11.6 Å². The van der Waals surface area contributed by atoms with E-state index in [2.05, 4.69) is 0 Å². The van der Waals surface area contributed by atoms with Gasteiger partial charge in [-0.2, -0.15) is 0 Å². The fraction of sp³-hybridized carbons (Fsp3) is 0.250. The third-order valence-corrected chi connectivity index (χ3v) is 3.42. The minimum atomic E-state index is -0.109. The number of hydrogen-bond donors (Lipinski definition) is 1. The molecule has 0 bridgehead atoms. The normalized spacial score (nSPS) is 12.0. The topological polar surface area (TPSA) is 44.5 Å². The van der Waals surface area contributed by atoms with Crippen molar-refractivity contribution < 1.29 is 9.47 Å². The Kier molecular flexibility index (Phi) is 4.88. The molecule has 1 atom stereocenters. The van der Waals surface area contributed by atoms with Crippen LogP contribution in [0, 0.1) is 0 Å². The molecule has 0 aliphatic rings. The summed E-state index contributed by atoms with van der Waals surface area (Å²) in [5.74, 6) is 1.46. The molecular weight excluding hydrogens is 274 g/mol. The predicted octanol–water partition coefficient (Wildman–Crippen LogP) is 3.95. The average molecular weight is 292 g/mol. The molecule has 0 aliphatic heterocycles. The van der Waals surface area contributed by atoms with Crippen LogP contribution in [-0.2, 0) is 6.61 Å². The molecule has 0 radical (unpaired) electrons. The van der Waals surface area contributed by atoms with Crippen LogP contribution in [0.1, 0.15) is 24.1 Å². The van der Waals surface area contributed by atoms with Gasteiger partial charge in [-0.05, 0) is 19.1 Å². The van der Waals surface area contributed by atoms with E-state index in [9.17, 15) is 0 Å². The lowest BCUT2D eigenvalue weighted by Gasteiger charge is -2.15. The fourth-order valence-corrected chi connectivity index (χ4v) is 2.10. The molecule has 2 N–H and O–H groups in total. The molecule has 0 saturated heterocycles. The van der Waals surface area contributed by atoms with Crippen molar-refractivity contribution in [1.82, 2.24) is 0 Å². The lowest BCUT2D eigenvalue weighted by Crippen LogP contribution is -2.08. The van der Waals surface area contributed by atoms with Crippen molar-refractivity contribution in [2.45, 2.75) is 19.6 Å². The second-order valence-electron chi connectivity index (χ2n) is 4.57. The summed E-state index contributed by atoms with van der Waals surface area (Å²) in [6.07, 6.45) is 0. The van der Waals surface area contributed by atoms with Crippen LogP contribution in [-0.4, -0.2) is 7.11 Å². The quantitative estimate of drug-likeness (QED) is 0.907. The lowest BCUT2D eigenvalue weighted by molar-refractivity contribution is 0.299. The van der Waals surface area contributed by atoms with E-state index in [1.807, 2.05) is 49.4 Å². The largest absolute Gasteiger partial charge is 0.497 e. The highest BCUT2D eigenvalue weighted by Crippen LogP contribution is 2.29. The maximum absolute atomic E-state index is 6.12. The number of benzene rings is 2. The molecule has 2 rings (SSSR count). The molecule has 20 heavy (non-hydrogen) atoms. The summed E-state index contributed by atoms with van der Waals surface area (Å²) in [6, 6.07) is 13.1. The van der Waals surface area contributed by atoms with Crippen LogP contribution < -0.4 is 15.2 Å². The first-order chi connectivity index (χ1) is 9.61. The Morgan fingerprint density at radius 2 is 1.95 bits per heavy atom. The summed E-state index contributed by atoms with van der Waals surface area (Å²) in [5, 5.41) is 0.692. The minimum Gasteiger partial charge on any atom is -0.497 e. The fourth-order valence-electron chi connectivity index (χ4n) is 1.91. The van der Waals surface area contributed by atoms with Crippen LogP contribution in [0.5, 0.6) is 11.5 Å². The first-order valence-electron chi connectivity index (χ1n) is 6.41. The molecule has 0 spiro atoms. The molecule has 2 aromatic rings. The second kappa shape index (κ2) is 6.64. The van der Waals surface area contributed by atoms with Gasteiger partial charge in [0.2, 0.25) is 0 Å². The maximum Gasteiger partial charge on any atom is 0.128 e. The molecule has 0 amide bonds. The second-order valence-corrected chi connectivity index (χ2v) is 4.98. The van der Waals surface area contributed by atoms with Gasteiger partial charge in [0.25, 0.3) is 0 Å². The third kappa shape index (κ3) is 3.44. The van der Waals surface area contributed by atoms with Crippen LogP contribution in [0.4, 0.5) is 0 Å². The van der Waals surface area contributed by atoms with E-state index in [-0.39, 0.29) is 6.04 Å². The van der Waals surface area contributed by atoms with Crippen LogP contribution in [0.2, 0.25) is 5.02 Å². The van der Waals surface area contributed by atoms with Crippen molar-refractivity contribution in [3.05, 3.63) is 58.6 Å². The highest BCUT2D eigenvalue weighted by Gasteiger charge is 2.10. The maximum atomic E-state index is 6.12. The van der Waals surface area contributed by atoms with Gasteiger partial charge in [0, 0.05) is 28.3 Å². The molecule has 0 unspecified atom stereocenters. The monoisotopic (exact) mass is 291 g/mol. The van der Waals surface area contributed by atoms with E-state index in [0.29, 0.717) is 11.6 Å². The van der Waals surface area contributed by atoms with Crippen molar-refractivity contribution >= 4 is 11.6 Å². The summed E-state index contributed by atoms with van der Waals surface area (Å²) < 4.78 is 11.1. The Morgan fingerprint density at radius 3 is 2.60 bits per heavy atom. The Morgan fingerprint density at radius 1 is 1.20 bits per heavy atom. The predicted molar refractivity (Wildman–Crippen MR) is 81.4 cm³/mol. The smallest absolute Gasteiger partial charge is 0.128 e. The van der Waals surface area contributed by atoms with E-state index < -0.39 is 0 Å². The first-order valence-corrected chi connectivity index (χ1v) is 6.79. The van der Waals surface area contributed by atoms with E-state index in [1.165, 1.54) is 0 Å². The van der Waals surface area contributed by atoms with E-state index >= 15 is 0 Å². The molecule has 0 aromatic heterocycles. The summed E-state index contributed by atoms with van der Waals surface area (Å²) in [5.41, 5.74) is 7.84. The average Bonchev–Trinajstić information content (AvgIpc) is 2.46. The molecular formula is C16H18ClNO2. The third-order valence-electron chi connectivity index (χ3n) is 3.05. The highest BCUT2D eigenvalue weighted by atomic mass is 35.5. The number of rotatable bonds is 5. The molecule has 0 heterocycles. The molecule has 0 fully saturated rings. The molecule has 3 nitrogen and oxygen atoms in total. The molecule has 0 saturated carbocycles. The first kappa shape index (κ1) is 14.7. The summed E-state index contributed by atoms with van der Waals surface area (Å²) in [4.78, 5) is 0. The minimum absolute atomic E-state index is 0.109. The number of ether oxygens (including phenoxy) is 2. The zero-order valence-corrected chi connectivity index (χ0v) is 12.4. The zero-order valence-electron chi connectivity index (χ0n) is 11.6. The van der Waals surface area contributed by atoms with Gasteiger partial charge in [-0.25, -0.2) is 0 Å². The standard InChI is InChI=1S/C16H18ClNO2/c1-11(18)14-8-7-13(19-2)9-16(14)20-10-12-5-3-4-6-15(12)17/h3-9,11H,10,18H2,1-2H3/t11-/m1/s1. The Hall–Kier alpha value is -1.71.